The Morgan fingerprint density at radius 1 is 1.54 bits per heavy atom. The van der Waals surface area contributed by atoms with Gasteiger partial charge < -0.3 is 9.84 Å². The summed E-state index contributed by atoms with van der Waals surface area (Å²) in [6.45, 7) is 2.28. The van der Waals surface area contributed by atoms with Crippen LogP contribution in [0.5, 0.6) is 11.5 Å². The number of hydrogen-bond donors (Lipinski definition) is 1. The Balaban J connectivity index is 0.00000144. The van der Waals surface area contributed by atoms with Gasteiger partial charge in [-0.05, 0) is 25.1 Å². The van der Waals surface area contributed by atoms with Crippen LogP contribution in [0.3, 0.4) is 0 Å². The predicted molar refractivity (Wildman–Crippen MR) is 51.9 cm³/mol. The van der Waals surface area contributed by atoms with Gasteiger partial charge >= 0.3 is 0 Å². The number of aromatic hydroxyl groups is 1. The molecule has 0 fully saturated rings. The largest absolute Gasteiger partial charge is 0.504 e. The third-order valence-electron chi connectivity index (χ3n) is 1.42. The minimum Gasteiger partial charge on any atom is -0.504 e. The fraction of sp³-hybridized carbons (Fsp3) is 0.222. The van der Waals surface area contributed by atoms with Gasteiger partial charge in [-0.3, -0.25) is 4.79 Å². The van der Waals surface area contributed by atoms with E-state index < -0.39 is 0 Å². The third kappa shape index (κ3) is 2.95. The van der Waals surface area contributed by atoms with E-state index in [1.54, 1.807) is 0 Å². The molecule has 0 bridgehead atoms. The first-order valence-electron chi connectivity index (χ1n) is 3.69. The molecule has 0 heterocycles. The van der Waals surface area contributed by atoms with Crippen molar-refractivity contribution in [2.45, 2.75) is 6.92 Å². The number of halogens is 1. The maximum atomic E-state index is 10.3. The van der Waals surface area contributed by atoms with E-state index in [-0.39, 0.29) is 18.2 Å². The maximum absolute atomic E-state index is 10.3. The smallest absolute Gasteiger partial charge is 0.161 e. The van der Waals surface area contributed by atoms with Crippen molar-refractivity contribution in [3.05, 3.63) is 23.8 Å². The van der Waals surface area contributed by atoms with E-state index in [1.165, 1.54) is 18.2 Å². The van der Waals surface area contributed by atoms with Crippen LogP contribution < -0.4 is 4.74 Å². The molecule has 0 radical (unpaired) electrons. The van der Waals surface area contributed by atoms with Crippen molar-refractivity contribution in [2.75, 3.05) is 6.61 Å². The zero-order valence-electron chi connectivity index (χ0n) is 7.19. The van der Waals surface area contributed by atoms with Crippen LogP contribution in [-0.2, 0) is 0 Å². The van der Waals surface area contributed by atoms with E-state index in [4.69, 9.17) is 4.74 Å². The lowest BCUT2D eigenvalue weighted by Gasteiger charge is -2.04. The fourth-order valence-corrected chi connectivity index (χ4v) is 0.875. The number of phenolic OH excluding ortho intramolecular Hbond substituents is 1. The maximum Gasteiger partial charge on any atom is 0.161 e. The molecule has 0 unspecified atom stereocenters. The third-order valence-corrected chi connectivity index (χ3v) is 1.42. The van der Waals surface area contributed by atoms with Gasteiger partial charge in [0.15, 0.2) is 11.5 Å². The van der Waals surface area contributed by atoms with E-state index in [1.807, 2.05) is 6.92 Å². The quantitative estimate of drug-likeness (QED) is 0.763. The Bertz CT molecular complexity index is 286. The minimum atomic E-state index is 0. The van der Waals surface area contributed by atoms with Crippen molar-refractivity contribution in [1.82, 2.24) is 0 Å². The van der Waals surface area contributed by atoms with Crippen molar-refractivity contribution in [1.29, 1.82) is 0 Å². The van der Waals surface area contributed by atoms with Crippen LogP contribution in [0.15, 0.2) is 18.2 Å². The van der Waals surface area contributed by atoms with Crippen LogP contribution >= 0.6 is 12.4 Å². The second-order valence-electron chi connectivity index (χ2n) is 2.28. The highest BCUT2D eigenvalue weighted by Gasteiger charge is 2.01. The summed E-state index contributed by atoms with van der Waals surface area (Å²) >= 11 is 0. The molecule has 0 aliphatic heterocycles. The van der Waals surface area contributed by atoms with E-state index in [0.717, 1.165) is 0 Å². The van der Waals surface area contributed by atoms with Crippen LogP contribution in [0.4, 0.5) is 0 Å². The molecule has 0 saturated heterocycles. The van der Waals surface area contributed by atoms with Crippen LogP contribution in [0.1, 0.15) is 17.3 Å². The molecule has 0 atom stereocenters. The first kappa shape index (κ1) is 11.8. The second kappa shape index (κ2) is 5.43. The number of carbonyl (C=O) groups is 1. The zero-order chi connectivity index (χ0) is 8.97. The van der Waals surface area contributed by atoms with Crippen LogP contribution in [0.2, 0.25) is 0 Å². The average molecular weight is 203 g/mol. The SMILES string of the molecule is CCOc1cc(C=O)ccc1O.Cl. The lowest BCUT2D eigenvalue weighted by atomic mass is 10.2. The molecule has 0 aliphatic carbocycles. The summed E-state index contributed by atoms with van der Waals surface area (Å²) < 4.78 is 5.07. The van der Waals surface area contributed by atoms with Gasteiger partial charge in [0.05, 0.1) is 6.61 Å². The molecule has 72 valence electrons. The summed E-state index contributed by atoms with van der Waals surface area (Å²) in [4.78, 5) is 10.3. The molecule has 0 amide bonds. The lowest BCUT2D eigenvalue weighted by Crippen LogP contribution is -1.92. The molecule has 0 aliphatic rings. The highest BCUT2D eigenvalue weighted by Crippen LogP contribution is 2.25. The number of benzene rings is 1. The first-order chi connectivity index (χ1) is 5.77. The summed E-state index contributed by atoms with van der Waals surface area (Å²) in [5.74, 6) is 0.407. The molecular weight excluding hydrogens is 192 g/mol. The van der Waals surface area contributed by atoms with Gasteiger partial charge in [0.25, 0.3) is 0 Å². The Kier molecular flexibility index (Phi) is 4.92. The van der Waals surface area contributed by atoms with Gasteiger partial charge in [0.2, 0.25) is 0 Å². The fourth-order valence-electron chi connectivity index (χ4n) is 0.875. The number of aldehydes is 1. The molecular formula is C9H11ClO3. The van der Waals surface area contributed by atoms with Crippen molar-refractivity contribution in [2.24, 2.45) is 0 Å². The number of rotatable bonds is 3. The first-order valence-corrected chi connectivity index (χ1v) is 3.69. The standard InChI is InChI=1S/C9H10O3.ClH/c1-2-12-9-5-7(6-10)3-4-8(9)11;/h3-6,11H,2H2,1H3;1H. The zero-order valence-corrected chi connectivity index (χ0v) is 8.00. The summed E-state index contributed by atoms with van der Waals surface area (Å²) in [5.41, 5.74) is 0.497. The normalized spacial score (nSPS) is 8.69. The van der Waals surface area contributed by atoms with Crippen LogP contribution in [0, 0.1) is 0 Å². The monoisotopic (exact) mass is 202 g/mol. The number of carbonyl (C=O) groups excluding carboxylic acids is 1. The van der Waals surface area contributed by atoms with Gasteiger partial charge in [0, 0.05) is 5.56 Å². The molecule has 0 saturated carbocycles. The Hall–Kier alpha value is -1.22. The average Bonchev–Trinajstić information content (AvgIpc) is 2.09. The second-order valence-corrected chi connectivity index (χ2v) is 2.28. The molecule has 0 aromatic heterocycles. The Morgan fingerprint density at radius 2 is 2.23 bits per heavy atom. The van der Waals surface area contributed by atoms with Crippen molar-refractivity contribution in [3.63, 3.8) is 0 Å². The van der Waals surface area contributed by atoms with Gasteiger partial charge in [-0.2, -0.15) is 0 Å². The molecule has 0 spiro atoms. The van der Waals surface area contributed by atoms with Crippen molar-refractivity contribution >= 4 is 18.7 Å². The highest BCUT2D eigenvalue weighted by atomic mass is 35.5. The van der Waals surface area contributed by atoms with Crippen molar-refractivity contribution in [3.8, 4) is 11.5 Å². The molecule has 13 heavy (non-hydrogen) atoms. The molecule has 1 rings (SSSR count). The molecule has 1 aromatic rings. The van der Waals surface area contributed by atoms with Gasteiger partial charge in [0.1, 0.15) is 6.29 Å². The molecule has 1 aromatic carbocycles. The highest BCUT2D eigenvalue weighted by molar-refractivity contribution is 5.85. The van der Waals surface area contributed by atoms with Gasteiger partial charge in [-0.25, -0.2) is 0 Å². The van der Waals surface area contributed by atoms with E-state index in [2.05, 4.69) is 0 Å². The number of hydrogen-bond acceptors (Lipinski definition) is 3. The molecule has 1 N–H and O–H groups in total. The minimum absolute atomic E-state index is 0. The summed E-state index contributed by atoms with van der Waals surface area (Å²) in [7, 11) is 0. The van der Waals surface area contributed by atoms with Crippen LogP contribution in [0.25, 0.3) is 0 Å². The Labute approximate surface area is 82.7 Å². The summed E-state index contributed by atoms with van der Waals surface area (Å²) in [5, 5.41) is 9.22. The van der Waals surface area contributed by atoms with Gasteiger partial charge in [-0.15, -0.1) is 12.4 Å². The van der Waals surface area contributed by atoms with E-state index in [0.29, 0.717) is 24.2 Å². The molecule has 4 heteroatoms. The van der Waals surface area contributed by atoms with Crippen molar-refractivity contribution < 1.29 is 14.6 Å². The van der Waals surface area contributed by atoms with E-state index in [9.17, 15) is 9.90 Å². The Morgan fingerprint density at radius 3 is 2.77 bits per heavy atom. The van der Waals surface area contributed by atoms with Gasteiger partial charge in [-0.1, -0.05) is 0 Å². The lowest BCUT2D eigenvalue weighted by molar-refractivity contribution is 0.112. The van der Waals surface area contributed by atoms with Crippen LogP contribution in [-0.4, -0.2) is 18.0 Å². The van der Waals surface area contributed by atoms with E-state index >= 15 is 0 Å². The summed E-state index contributed by atoms with van der Waals surface area (Å²) in [6.07, 6.45) is 0.710. The number of ether oxygens (including phenoxy) is 1. The predicted octanol–water partition coefficient (Wildman–Crippen LogP) is 2.03. The summed E-state index contributed by atoms with van der Waals surface area (Å²) in [6, 6.07) is 4.48. The molecule has 3 nitrogen and oxygen atoms in total. The topological polar surface area (TPSA) is 46.5 Å². The number of phenols is 1.